The number of hydrogen-bond donors (Lipinski definition) is 1. The Hall–Kier alpha value is -1.59. The number of esters is 1. The van der Waals surface area contributed by atoms with Gasteiger partial charge in [-0.3, -0.25) is 4.90 Å². The average molecular weight is 292 g/mol. The minimum absolute atomic E-state index is 0.0635. The Morgan fingerprint density at radius 3 is 3.00 bits per heavy atom. The fraction of sp³-hybridized carbons (Fsp3) is 0.562. The lowest BCUT2D eigenvalue weighted by Crippen LogP contribution is -2.47. The molecule has 1 fully saturated rings. The Bertz CT molecular complexity index is 502. The standard InChI is InChI=1S/C16H24N2O3/c1-11(2)18-7-8-20-13(9-18)10-21-16(19)14-5-4-6-15(17)12(14)3/h4-6,11,13H,7-10,17H2,1-3H3. The third kappa shape index (κ3) is 3.95. The van der Waals surface area contributed by atoms with Gasteiger partial charge in [-0.05, 0) is 38.5 Å². The molecule has 1 saturated heterocycles. The molecule has 1 aromatic carbocycles. The van der Waals surface area contributed by atoms with Crippen LogP contribution in [-0.2, 0) is 9.47 Å². The number of ether oxygens (including phenoxy) is 2. The van der Waals surface area contributed by atoms with Crippen LogP contribution in [0.2, 0.25) is 0 Å². The van der Waals surface area contributed by atoms with E-state index in [1.807, 2.05) is 6.92 Å². The highest BCUT2D eigenvalue weighted by molar-refractivity contribution is 5.92. The number of hydrogen-bond acceptors (Lipinski definition) is 5. The summed E-state index contributed by atoms with van der Waals surface area (Å²) in [6.07, 6.45) is -0.0635. The van der Waals surface area contributed by atoms with E-state index in [4.69, 9.17) is 15.2 Å². The molecule has 5 heteroatoms. The van der Waals surface area contributed by atoms with Crippen molar-refractivity contribution < 1.29 is 14.3 Å². The van der Waals surface area contributed by atoms with E-state index in [0.717, 1.165) is 18.7 Å². The zero-order valence-corrected chi connectivity index (χ0v) is 13.0. The molecule has 0 saturated carbocycles. The van der Waals surface area contributed by atoms with Crippen molar-refractivity contribution in [2.45, 2.75) is 32.9 Å². The molecule has 1 unspecified atom stereocenters. The summed E-state index contributed by atoms with van der Waals surface area (Å²) < 4.78 is 11.0. The smallest absolute Gasteiger partial charge is 0.338 e. The van der Waals surface area contributed by atoms with Crippen molar-refractivity contribution in [3.63, 3.8) is 0 Å². The number of nitrogens with zero attached hydrogens (tertiary/aromatic N) is 1. The number of morpholine rings is 1. The zero-order chi connectivity index (χ0) is 15.4. The number of anilines is 1. The van der Waals surface area contributed by atoms with Gasteiger partial charge < -0.3 is 15.2 Å². The van der Waals surface area contributed by atoms with E-state index in [0.29, 0.717) is 23.9 Å². The molecule has 0 amide bonds. The van der Waals surface area contributed by atoms with Crippen LogP contribution < -0.4 is 5.73 Å². The van der Waals surface area contributed by atoms with E-state index in [2.05, 4.69) is 18.7 Å². The van der Waals surface area contributed by atoms with Gasteiger partial charge in [0.05, 0.1) is 12.2 Å². The molecular weight excluding hydrogens is 268 g/mol. The molecule has 0 bridgehead atoms. The molecule has 21 heavy (non-hydrogen) atoms. The molecular formula is C16H24N2O3. The van der Waals surface area contributed by atoms with E-state index in [1.54, 1.807) is 18.2 Å². The molecule has 1 aliphatic rings. The zero-order valence-electron chi connectivity index (χ0n) is 13.0. The molecule has 1 aliphatic heterocycles. The van der Waals surface area contributed by atoms with Crippen molar-refractivity contribution in [2.24, 2.45) is 0 Å². The lowest BCUT2D eigenvalue weighted by Gasteiger charge is -2.35. The van der Waals surface area contributed by atoms with Gasteiger partial charge in [0, 0.05) is 24.8 Å². The van der Waals surface area contributed by atoms with Gasteiger partial charge in [-0.1, -0.05) is 6.07 Å². The molecule has 0 aliphatic carbocycles. The SMILES string of the molecule is Cc1c(N)cccc1C(=O)OCC1CN(C(C)C)CCO1. The van der Waals surface area contributed by atoms with Gasteiger partial charge in [-0.2, -0.15) is 0 Å². The van der Waals surface area contributed by atoms with Crippen LogP contribution in [0.5, 0.6) is 0 Å². The summed E-state index contributed by atoms with van der Waals surface area (Å²) in [5.74, 6) is -0.343. The third-order valence-corrected chi connectivity index (χ3v) is 3.90. The lowest BCUT2D eigenvalue weighted by molar-refractivity contribution is -0.0662. The first-order valence-corrected chi connectivity index (χ1v) is 7.37. The summed E-state index contributed by atoms with van der Waals surface area (Å²) in [6.45, 7) is 8.81. The summed E-state index contributed by atoms with van der Waals surface area (Å²) in [4.78, 5) is 14.5. The molecule has 0 aromatic heterocycles. The van der Waals surface area contributed by atoms with Gasteiger partial charge in [0.15, 0.2) is 0 Å². The fourth-order valence-corrected chi connectivity index (χ4v) is 2.43. The number of rotatable bonds is 4. The summed E-state index contributed by atoms with van der Waals surface area (Å²) in [6, 6.07) is 5.74. The number of carbonyl (C=O) groups excluding carboxylic acids is 1. The molecule has 0 spiro atoms. The topological polar surface area (TPSA) is 64.8 Å². The monoisotopic (exact) mass is 292 g/mol. The van der Waals surface area contributed by atoms with E-state index < -0.39 is 0 Å². The molecule has 116 valence electrons. The van der Waals surface area contributed by atoms with E-state index in [-0.39, 0.29) is 18.7 Å². The van der Waals surface area contributed by atoms with Gasteiger partial charge in [-0.25, -0.2) is 4.79 Å². The minimum Gasteiger partial charge on any atom is -0.459 e. The summed E-state index contributed by atoms with van der Waals surface area (Å²) >= 11 is 0. The first-order chi connectivity index (χ1) is 9.99. The fourth-order valence-electron chi connectivity index (χ4n) is 2.43. The molecule has 5 nitrogen and oxygen atoms in total. The first-order valence-electron chi connectivity index (χ1n) is 7.37. The molecule has 2 N–H and O–H groups in total. The van der Waals surface area contributed by atoms with Gasteiger partial charge in [0.2, 0.25) is 0 Å². The van der Waals surface area contributed by atoms with Crippen LogP contribution in [-0.4, -0.2) is 49.3 Å². The first kappa shape index (κ1) is 15.8. The number of carbonyl (C=O) groups is 1. The number of nitrogen functional groups attached to an aromatic ring is 1. The van der Waals surface area contributed by atoms with Crippen molar-refractivity contribution >= 4 is 11.7 Å². The van der Waals surface area contributed by atoms with Gasteiger partial charge in [-0.15, -0.1) is 0 Å². The minimum atomic E-state index is -0.343. The molecule has 0 radical (unpaired) electrons. The molecule has 1 heterocycles. The Kier molecular flexibility index (Phi) is 5.20. The molecule has 1 atom stereocenters. The van der Waals surface area contributed by atoms with Gasteiger partial charge in [0.1, 0.15) is 12.7 Å². The Labute approximate surface area is 126 Å². The lowest BCUT2D eigenvalue weighted by atomic mass is 10.1. The Morgan fingerprint density at radius 2 is 2.29 bits per heavy atom. The highest BCUT2D eigenvalue weighted by atomic mass is 16.6. The summed E-state index contributed by atoms with van der Waals surface area (Å²) in [5, 5.41) is 0. The molecule has 1 aromatic rings. The summed E-state index contributed by atoms with van der Waals surface area (Å²) in [7, 11) is 0. The van der Waals surface area contributed by atoms with Crippen molar-refractivity contribution in [1.29, 1.82) is 0 Å². The highest BCUT2D eigenvalue weighted by Gasteiger charge is 2.24. The van der Waals surface area contributed by atoms with Gasteiger partial charge in [0.25, 0.3) is 0 Å². The second-order valence-corrected chi connectivity index (χ2v) is 5.70. The van der Waals surface area contributed by atoms with Crippen molar-refractivity contribution in [3.8, 4) is 0 Å². The van der Waals surface area contributed by atoms with Crippen LogP contribution in [0, 0.1) is 6.92 Å². The Balaban J connectivity index is 1.90. The van der Waals surface area contributed by atoms with Crippen molar-refractivity contribution in [2.75, 3.05) is 32.0 Å². The van der Waals surface area contributed by atoms with Crippen LogP contribution >= 0.6 is 0 Å². The third-order valence-electron chi connectivity index (χ3n) is 3.90. The van der Waals surface area contributed by atoms with Crippen LogP contribution in [0.3, 0.4) is 0 Å². The van der Waals surface area contributed by atoms with E-state index in [9.17, 15) is 4.79 Å². The maximum absolute atomic E-state index is 12.1. The summed E-state index contributed by atoms with van der Waals surface area (Å²) in [5.41, 5.74) is 7.69. The highest BCUT2D eigenvalue weighted by Crippen LogP contribution is 2.17. The van der Waals surface area contributed by atoms with Crippen LogP contribution in [0.15, 0.2) is 18.2 Å². The number of nitrogens with two attached hydrogens (primary N) is 1. The van der Waals surface area contributed by atoms with Crippen molar-refractivity contribution in [1.82, 2.24) is 4.90 Å². The molecule has 2 rings (SSSR count). The largest absolute Gasteiger partial charge is 0.459 e. The maximum Gasteiger partial charge on any atom is 0.338 e. The normalized spacial score (nSPS) is 19.7. The van der Waals surface area contributed by atoms with Crippen LogP contribution in [0.4, 0.5) is 5.69 Å². The number of benzene rings is 1. The average Bonchev–Trinajstić information content (AvgIpc) is 2.48. The van der Waals surface area contributed by atoms with Gasteiger partial charge >= 0.3 is 5.97 Å². The predicted molar refractivity (Wildman–Crippen MR) is 82.3 cm³/mol. The second kappa shape index (κ2) is 6.91. The van der Waals surface area contributed by atoms with Crippen LogP contribution in [0.25, 0.3) is 0 Å². The second-order valence-electron chi connectivity index (χ2n) is 5.70. The van der Waals surface area contributed by atoms with E-state index >= 15 is 0 Å². The Morgan fingerprint density at radius 1 is 1.52 bits per heavy atom. The van der Waals surface area contributed by atoms with Crippen LogP contribution in [0.1, 0.15) is 29.8 Å². The van der Waals surface area contributed by atoms with Crippen molar-refractivity contribution in [3.05, 3.63) is 29.3 Å². The quantitative estimate of drug-likeness (QED) is 0.677. The predicted octanol–water partition coefficient (Wildman–Crippen LogP) is 1.84. The maximum atomic E-state index is 12.1. The van der Waals surface area contributed by atoms with E-state index in [1.165, 1.54) is 0 Å².